The van der Waals surface area contributed by atoms with E-state index in [0.29, 0.717) is 11.4 Å². The summed E-state index contributed by atoms with van der Waals surface area (Å²) >= 11 is 0. The number of rotatable bonds is 4. The molecule has 0 aliphatic carbocycles. The molecule has 144 valence electrons. The summed E-state index contributed by atoms with van der Waals surface area (Å²) in [5.74, 6) is 0.560. The molecule has 0 saturated carbocycles. The Balaban J connectivity index is 0.000000260. The quantitative estimate of drug-likeness (QED) is 0.731. The Morgan fingerprint density at radius 3 is 1.23 bits per heavy atom. The zero-order valence-corrected chi connectivity index (χ0v) is 16.5. The van der Waals surface area contributed by atoms with Gasteiger partial charge in [0.1, 0.15) is 21.3 Å². The molecule has 0 radical (unpaired) electrons. The van der Waals surface area contributed by atoms with Crippen molar-refractivity contribution < 1.29 is 26.3 Å². The van der Waals surface area contributed by atoms with Gasteiger partial charge in [-0.2, -0.15) is 0 Å². The van der Waals surface area contributed by atoms with Crippen molar-refractivity contribution in [2.75, 3.05) is 38.2 Å². The van der Waals surface area contributed by atoms with Crippen LogP contribution in [0.2, 0.25) is 0 Å². The van der Waals surface area contributed by atoms with E-state index >= 15 is 0 Å². The first-order chi connectivity index (χ1) is 11.9. The predicted molar refractivity (Wildman–Crippen MR) is 101 cm³/mol. The van der Waals surface area contributed by atoms with Crippen LogP contribution in [0.5, 0.6) is 11.5 Å². The van der Waals surface area contributed by atoms with Gasteiger partial charge in [-0.15, -0.1) is 0 Å². The summed E-state index contributed by atoms with van der Waals surface area (Å²) in [6.45, 7) is 0. The Morgan fingerprint density at radius 1 is 0.692 bits per heavy atom. The van der Waals surface area contributed by atoms with Crippen LogP contribution in [-0.2, 0) is 19.7 Å². The molecule has 0 aliphatic rings. The van der Waals surface area contributed by atoms with Crippen molar-refractivity contribution in [1.82, 2.24) is 0 Å². The zero-order valence-electron chi connectivity index (χ0n) is 14.9. The highest BCUT2D eigenvalue weighted by Gasteiger charge is 2.14. The molecule has 2 rings (SSSR count). The number of hydrogen-bond donors (Lipinski definition) is 2. The van der Waals surface area contributed by atoms with Crippen LogP contribution in [0.3, 0.4) is 0 Å². The molecular formula is C16H22N2O6S2. The van der Waals surface area contributed by atoms with Gasteiger partial charge in [0.25, 0.3) is 0 Å². The van der Waals surface area contributed by atoms with E-state index in [9.17, 15) is 16.8 Å². The highest BCUT2D eigenvalue weighted by atomic mass is 32.2. The fourth-order valence-electron chi connectivity index (χ4n) is 1.98. The first kappa shape index (κ1) is 21.6. The van der Waals surface area contributed by atoms with E-state index in [0.717, 1.165) is 12.5 Å². The van der Waals surface area contributed by atoms with Gasteiger partial charge < -0.3 is 20.9 Å². The number of anilines is 2. The second-order valence-corrected chi connectivity index (χ2v) is 9.33. The molecule has 8 nitrogen and oxygen atoms in total. The van der Waals surface area contributed by atoms with Crippen LogP contribution < -0.4 is 20.9 Å². The Bertz CT molecular complexity index is 904. The Morgan fingerprint density at radius 2 is 1.00 bits per heavy atom. The van der Waals surface area contributed by atoms with Crippen LogP contribution in [0.15, 0.2) is 46.2 Å². The van der Waals surface area contributed by atoms with Crippen LogP contribution in [0, 0.1) is 0 Å². The maximum absolute atomic E-state index is 11.2. The standard InChI is InChI=1S/2C8H11NO3S/c2*1-12-7-5-6(9)3-4-8(7)13(2,10)11/h2*3-5H,9H2,1-2H3. The van der Waals surface area contributed by atoms with E-state index in [1.54, 1.807) is 0 Å². The molecule has 10 heteroatoms. The Kier molecular flexibility index (Phi) is 6.87. The summed E-state index contributed by atoms with van der Waals surface area (Å²) in [5, 5.41) is 0. The van der Waals surface area contributed by atoms with Crippen molar-refractivity contribution in [2.24, 2.45) is 0 Å². The lowest BCUT2D eigenvalue weighted by molar-refractivity contribution is 0.403. The van der Waals surface area contributed by atoms with Gasteiger partial charge in [0.15, 0.2) is 19.7 Å². The van der Waals surface area contributed by atoms with E-state index in [1.165, 1.54) is 50.6 Å². The second kappa shape index (κ2) is 8.28. The third-order valence-corrected chi connectivity index (χ3v) is 5.45. The van der Waals surface area contributed by atoms with Crippen molar-refractivity contribution in [2.45, 2.75) is 9.79 Å². The van der Waals surface area contributed by atoms with Crippen molar-refractivity contribution in [1.29, 1.82) is 0 Å². The highest BCUT2D eigenvalue weighted by Crippen LogP contribution is 2.26. The average Bonchev–Trinajstić information content (AvgIpc) is 2.52. The SMILES string of the molecule is COc1cc(N)ccc1S(C)(=O)=O.COc1cc(N)ccc1S(C)(=O)=O. The lowest BCUT2D eigenvalue weighted by Crippen LogP contribution is -2.01. The Labute approximate surface area is 153 Å². The van der Waals surface area contributed by atoms with Gasteiger partial charge in [0.05, 0.1) is 14.2 Å². The smallest absolute Gasteiger partial charge is 0.179 e. The van der Waals surface area contributed by atoms with Gasteiger partial charge in [-0.25, -0.2) is 16.8 Å². The van der Waals surface area contributed by atoms with E-state index in [1.807, 2.05) is 0 Å². The van der Waals surface area contributed by atoms with Gasteiger partial charge >= 0.3 is 0 Å². The highest BCUT2D eigenvalue weighted by molar-refractivity contribution is 7.91. The molecule has 0 bridgehead atoms. The molecule has 26 heavy (non-hydrogen) atoms. The molecule has 0 spiro atoms. The maximum Gasteiger partial charge on any atom is 0.179 e. The van der Waals surface area contributed by atoms with Gasteiger partial charge in [-0.1, -0.05) is 0 Å². The van der Waals surface area contributed by atoms with Crippen LogP contribution in [0.25, 0.3) is 0 Å². The minimum absolute atomic E-state index is 0.157. The minimum atomic E-state index is -3.24. The summed E-state index contributed by atoms with van der Waals surface area (Å²) < 4.78 is 54.6. The van der Waals surface area contributed by atoms with E-state index in [2.05, 4.69) is 0 Å². The van der Waals surface area contributed by atoms with Gasteiger partial charge in [-0.3, -0.25) is 0 Å². The molecular weight excluding hydrogens is 380 g/mol. The van der Waals surface area contributed by atoms with Crippen LogP contribution >= 0.6 is 0 Å². The molecule has 0 amide bonds. The number of sulfone groups is 2. The number of hydrogen-bond acceptors (Lipinski definition) is 8. The number of ether oxygens (including phenoxy) is 2. The molecule has 2 aromatic carbocycles. The summed E-state index contributed by atoms with van der Waals surface area (Å²) in [5.41, 5.74) is 11.9. The van der Waals surface area contributed by atoms with Gasteiger partial charge in [-0.05, 0) is 24.3 Å². The summed E-state index contributed by atoms with van der Waals surface area (Å²) in [7, 11) is -3.67. The van der Waals surface area contributed by atoms with Crippen molar-refractivity contribution in [3.05, 3.63) is 36.4 Å². The summed E-state index contributed by atoms with van der Waals surface area (Å²) in [6.07, 6.45) is 2.25. The normalized spacial score (nSPS) is 11.2. The topological polar surface area (TPSA) is 139 Å². The molecule has 0 atom stereocenters. The molecule has 0 aromatic heterocycles. The molecule has 0 heterocycles. The minimum Gasteiger partial charge on any atom is -0.495 e. The van der Waals surface area contributed by atoms with Crippen molar-refractivity contribution in [3.8, 4) is 11.5 Å². The van der Waals surface area contributed by atoms with Crippen LogP contribution in [0.1, 0.15) is 0 Å². The fraction of sp³-hybridized carbons (Fsp3) is 0.250. The predicted octanol–water partition coefficient (Wildman–Crippen LogP) is 1.36. The number of methoxy groups -OCH3 is 2. The lowest BCUT2D eigenvalue weighted by Gasteiger charge is -2.06. The second-order valence-electron chi connectivity index (χ2n) is 5.36. The van der Waals surface area contributed by atoms with Crippen LogP contribution in [0.4, 0.5) is 11.4 Å². The molecule has 0 saturated heterocycles. The fourth-order valence-corrected chi connectivity index (χ4v) is 3.63. The Hall–Kier alpha value is -2.46. The average molecular weight is 402 g/mol. The largest absolute Gasteiger partial charge is 0.495 e. The van der Waals surface area contributed by atoms with Gasteiger partial charge in [0.2, 0.25) is 0 Å². The van der Waals surface area contributed by atoms with Crippen LogP contribution in [-0.4, -0.2) is 43.6 Å². The van der Waals surface area contributed by atoms with E-state index in [4.69, 9.17) is 20.9 Å². The monoisotopic (exact) mass is 402 g/mol. The van der Waals surface area contributed by atoms with Crippen molar-refractivity contribution >= 4 is 31.0 Å². The molecule has 0 unspecified atom stereocenters. The first-order valence-electron chi connectivity index (χ1n) is 7.17. The zero-order chi connectivity index (χ0) is 20.1. The number of nitrogen functional groups attached to an aromatic ring is 2. The maximum atomic E-state index is 11.2. The van der Waals surface area contributed by atoms with E-state index < -0.39 is 19.7 Å². The molecule has 0 aliphatic heterocycles. The first-order valence-corrected chi connectivity index (χ1v) is 11.0. The number of nitrogens with two attached hydrogens (primary N) is 2. The van der Waals surface area contributed by atoms with E-state index in [-0.39, 0.29) is 21.3 Å². The molecule has 4 N–H and O–H groups in total. The third-order valence-electron chi connectivity index (χ3n) is 3.17. The summed E-state index contributed by atoms with van der Waals surface area (Å²) in [4.78, 5) is 0.313. The summed E-state index contributed by atoms with van der Waals surface area (Å²) in [6, 6.07) is 8.89. The molecule has 2 aromatic rings. The number of benzene rings is 2. The van der Waals surface area contributed by atoms with Crippen molar-refractivity contribution in [3.63, 3.8) is 0 Å². The lowest BCUT2D eigenvalue weighted by atomic mass is 10.3. The third kappa shape index (κ3) is 5.81. The molecule has 0 fully saturated rings. The van der Waals surface area contributed by atoms with Gasteiger partial charge in [0, 0.05) is 36.0 Å².